The fourth-order valence-corrected chi connectivity index (χ4v) is 4.27. The van der Waals surface area contributed by atoms with E-state index >= 15 is 0 Å². The third-order valence-corrected chi connectivity index (χ3v) is 5.54. The van der Waals surface area contributed by atoms with Gasteiger partial charge < -0.3 is 10.1 Å². The Morgan fingerprint density at radius 2 is 1.90 bits per heavy atom. The highest BCUT2D eigenvalue weighted by Gasteiger charge is 2.48. The van der Waals surface area contributed by atoms with Gasteiger partial charge in [-0.15, -0.1) is 0 Å². The molecule has 1 saturated heterocycles. The van der Waals surface area contributed by atoms with Gasteiger partial charge in [-0.3, -0.25) is 0 Å². The predicted molar refractivity (Wildman–Crippen MR) is 87.6 cm³/mol. The van der Waals surface area contributed by atoms with E-state index in [9.17, 15) is 0 Å². The van der Waals surface area contributed by atoms with Crippen LogP contribution in [0.25, 0.3) is 0 Å². The molecule has 1 atom stereocenters. The first kappa shape index (κ1) is 15.1. The smallest absolute Gasteiger partial charge is 0.0469 e. The van der Waals surface area contributed by atoms with E-state index in [1.165, 1.54) is 38.5 Å². The van der Waals surface area contributed by atoms with E-state index in [4.69, 9.17) is 4.74 Å². The first-order valence-corrected chi connectivity index (χ1v) is 8.73. The van der Waals surface area contributed by atoms with E-state index in [0.717, 1.165) is 25.7 Å². The summed E-state index contributed by atoms with van der Waals surface area (Å²) in [5, 5.41) is 3.92. The SMILES string of the molecule is CCCNC(C1CCOCC1)C1(c2ccccc2)CCC1. The molecule has 2 aliphatic rings. The van der Waals surface area contributed by atoms with Crippen LogP contribution in [0.1, 0.15) is 51.0 Å². The molecule has 1 unspecified atom stereocenters. The molecule has 1 aromatic carbocycles. The minimum Gasteiger partial charge on any atom is -0.381 e. The van der Waals surface area contributed by atoms with E-state index < -0.39 is 0 Å². The van der Waals surface area contributed by atoms with Crippen molar-refractivity contribution in [1.82, 2.24) is 5.32 Å². The molecule has 1 aromatic rings. The van der Waals surface area contributed by atoms with Crippen molar-refractivity contribution in [2.75, 3.05) is 19.8 Å². The van der Waals surface area contributed by atoms with Crippen molar-refractivity contribution < 1.29 is 4.74 Å². The van der Waals surface area contributed by atoms with Gasteiger partial charge in [-0.2, -0.15) is 0 Å². The van der Waals surface area contributed by atoms with Gasteiger partial charge in [-0.25, -0.2) is 0 Å². The Morgan fingerprint density at radius 1 is 1.19 bits per heavy atom. The molecule has 0 amide bonds. The lowest BCUT2D eigenvalue weighted by Gasteiger charge is -2.52. The zero-order chi connectivity index (χ0) is 14.5. The second kappa shape index (κ2) is 6.93. The first-order chi connectivity index (χ1) is 10.4. The average Bonchev–Trinajstić information content (AvgIpc) is 2.51. The van der Waals surface area contributed by atoms with Crippen LogP contribution in [0.5, 0.6) is 0 Å². The maximum absolute atomic E-state index is 5.60. The number of ether oxygens (including phenoxy) is 1. The Labute approximate surface area is 129 Å². The molecular weight excluding hydrogens is 258 g/mol. The Morgan fingerprint density at radius 3 is 2.48 bits per heavy atom. The van der Waals surface area contributed by atoms with Gasteiger partial charge in [-0.1, -0.05) is 43.7 Å². The summed E-state index contributed by atoms with van der Waals surface area (Å²) < 4.78 is 5.60. The second-order valence-electron chi connectivity index (χ2n) is 6.76. The van der Waals surface area contributed by atoms with Crippen LogP contribution in [-0.4, -0.2) is 25.8 Å². The number of rotatable bonds is 6. The van der Waals surface area contributed by atoms with Crippen molar-refractivity contribution >= 4 is 0 Å². The van der Waals surface area contributed by atoms with Crippen LogP contribution in [0, 0.1) is 5.92 Å². The monoisotopic (exact) mass is 287 g/mol. The van der Waals surface area contributed by atoms with Crippen molar-refractivity contribution in [3.8, 4) is 0 Å². The first-order valence-electron chi connectivity index (χ1n) is 8.73. The average molecular weight is 287 g/mol. The summed E-state index contributed by atoms with van der Waals surface area (Å²) in [4.78, 5) is 0. The Kier molecular flexibility index (Phi) is 4.97. The molecule has 0 spiro atoms. The molecule has 0 aromatic heterocycles. The van der Waals surface area contributed by atoms with Gasteiger partial charge in [0.2, 0.25) is 0 Å². The van der Waals surface area contributed by atoms with Crippen molar-refractivity contribution in [2.24, 2.45) is 5.92 Å². The highest BCUT2D eigenvalue weighted by Crippen LogP contribution is 2.49. The van der Waals surface area contributed by atoms with E-state index in [2.05, 4.69) is 42.6 Å². The summed E-state index contributed by atoms with van der Waals surface area (Å²) in [6.07, 6.45) is 7.71. The number of benzene rings is 1. The van der Waals surface area contributed by atoms with Gasteiger partial charge in [-0.05, 0) is 50.1 Å². The molecule has 1 heterocycles. The highest BCUT2D eigenvalue weighted by atomic mass is 16.5. The quantitative estimate of drug-likeness (QED) is 0.856. The van der Waals surface area contributed by atoms with Crippen molar-refractivity contribution in [3.63, 3.8) is 0 Å². The van der Waals surface area contributed by atoms with Crippen LogP contribution in [0.2, 0.25) is 0 Å². The van der Waals surface area contributed by atoms with E-state index in [-0.39, 0.29) is 0 Å². The second-order valence-corrected chi connectivity index (χ2v) is 6.76. The van der Waals surface area contributed by atoms with E-state index in [1.807, 2.05) is 0 Å². The lowest BCUT2D eigenvalue weighted by atomic mass is 9.57. The molecule has 1 N–H and O–H groups in total. The molecule has 21 heavy (non-hydrogen) atoms. The van der Waals surface area contributed by atoms with Gasteiger partial charge in [0.1, 0.15) is 0 Å². The summed E-state index contributed by atoms with van der Waals surface area (Å²) in [6.45, 7) is 5.29. The maximum Gasteiger partial charge on any atom is 0.0469 e. The fourth-order valence-electron chi connectivity index (χ4n) is 4.27. The van der Waals surface area contributed by atoms with Crippen LogP contribution in [0.3, 0.4) is 0 Å². The lowest BCUT2D eigenvalue weighted by Crippen LogP contribution is -2.57. The van der Waals surface area contributed by atoms with Crippen LogP contribution in [0.15, 0.2) is 30.3 Å². The molecule has 2 fully saturated rings. The summed E-state index contributed by atoms with van der Waals surface area (Å²) in [5.41, 5.74) is 1.93. The maximum atomic E-state index is 5.60. The van der Waals surface area contributed by atoms with E-state index in [1.54, 1.807) is 5.56 Å². The van der Waals surface area contributed by atoms with Gasteiger partial charge in [0.15, 0.2) is 0 Å². The number of hydrogen-bond acceptors (Lipinski definition) is 2. The topological polar surface area (TPSA) is 21.3 Å². The van der Waals surface area contributed by atoms with Gasteiger partial charge >= 0.3 is 0 Å². The normalized spacial score (nSPS) is 23.5. The summed E-state index contributed by atoms with van der Waals surface area (Å²) >= 11 is 0. The molecule has 2 heteroatoms. The van der Waals surface area contributed by atoms with Crippen LogP contribution in [0.4, 0.5) is 0 Å². The van der Waals surface area contributed by atoms with Crippen molar-refractivity contribution in [2.45, 2.75) is 56.9 Å². The summed E-state index contributed by atoms with van der Waals surface area (Å²) in [7, 11) is 0. The van der Waals surface area contributed by atoms with Crippen LogP contribution in [-0.2, 0) is 10.2 Å². The Bertz CT molecular complexity index is 420. The third-order valence-electron chi connectivity index (χ3n) is 5.54. The minimum absolute atomic E-state index is 0.373. The molecule has 1 aliphatic carbocycles. The van der Waals surface area contributed by atoms with Gasteiger partial charge in [0.05, 0.1) is 0 Å². The van der Waals surface area contributed by atoms with Gasteiger partial charge in [0, 0.05) is 24.7 Å². The minimum atomic E-state index is 0.373. The highest BCUT2D eigenvalue weighted by molar-refractivity contribution is 5.31. The zero-order valence-corrected chi connectivity index (χ0v) is 13.3. The predicted octanol–water partition coefficient (Wildman–Crippen LogP) is 3.90. The molecule has 116 valence electrons. The largest absolute Gasteiger partial charge is 0.381 e. The molecule has 3 rings (SSSR count). The molecule has 1 saturated carbocycles. The Hall–Kier alpha value is -0.860. The summed E-state index contributed by atoms with van der Waals surface area (Å²) in [6, 6.07) is 11.9. The van der Waals surface area contributed by atoms with Crippen LogP contribution >= 0.6 is 0 Å². The van der Waals surface area contributed by atoms with E-state index in [0.29, 0.717) is 11.5 Å². The van der Waals surface area contributed by atoms with Crippen LogP contribution < -0.4 is 5.32 Å². The fraction of sp³-hybridized carbons (Fsp3) is 0.684. The lowest BCUT2D eigenvalue weighted by molar-refractivity contribution is 0.0244. The molecular formula is C19H29NO. The standard InChI is InChI=1S/C19H29NO/c1-2-13-20-18(16-9-14-21-15-10-16)19(11-6-12-19)17-7-4-3-5-8-17/h3-5,7-8,16,18,20H,2,6,9-15H2,1H3. The number of hydrogen-bond donors (Lipinski definition) is 1. The zero-order valence-electron chi connectivity index (χ0n) is 13.3. The number of nitrogens with one attached hydrogen (secondary N) is 1. The van der Waals surface area contributed by atoms with Gasteiger partial charge in [0.25, 0.3) is 0 Å². The van der Waals surface area contributed by atoms with Crippen molar-refractivity contribution in [1.29, 1.82) is 0 Å². The molecule has 2 nitrogen and oxygen atoms in total. The van der Waals surface area contributed by atoms with Crippen molar-refractivity contribution in [3.05, 3.63) is 35.9 Å². The Balaban J connectivity index is 1.85. The molecule has 0 bridgehead atoms. The third kappa shape index (κ3) is 3.02. The summed E-state index contributed by atoms with van der Waals surface area (Å²) in [5.74, 6) is 0.769. The molecule has 0 radical (unpaired) electrons. The molecule has 1 aliphatic heterocycles.